The topological polar surface area (TPSA) is 132 Å². The summed E-state index contributed by atoms with van der Waals surface area (Å²) in [6.07, 6.45) is 2.24. The molecule has 1 fully saturated rings. The van der Waals surface area contributed by atoms with E-state index in [1.807, 2.05) is 0 Å². The van der Waals surface area contributed by atoms with Crippen molar-refractivity contribution in [2.24, 2.45) is 10.2 Å². The fraction of sp³-hybridized carbons (Fsp3) is 0.100. The van der Waals surface area contributed by atoms with Gasteiger partial charge < -0.3 is 9.47 Å². The van der Waals surface area contributed by atoms with Crippen LogP contribution < -0.4 is 10.1 Å². The maximum Gasteiger partial charge on any atom is 0.331 e. The molecule has 1 heterocycles. The van der Waals surface area contributed by atoms with Crippen molar-refractivity contribution in [3.63, 3.8) is 0 Å². The van der Waals surface area contributed by atoms with Crippen molar-refractivity contribution in [1.82, 2.24) is 5.32 Å². The molecular formula is C20H15FN4O6S. The van der Waals surface area contributed by atoms with Crippen LogP contribution >= 0.6 is 11.8 Å². The van der Waals surface area contributed by atoms with Gasteiger partial charge in [0.25, 0.3) is 11.6 Å². The lowest BCUT2D eigenvalue weighted by Crippen LogP contribution is -2.19. The molecule has 3 rings (SSSR count). The van der Waals surface area contributed by atoms with E-state index in [-0.39, 0.29) is 33.7 Å². The van der Waals surface area contributed by atoms with E-state index in [1.54, 1.807) is 12.1 Å². The summed E-state index contributed by atoms with van der Waals surface area (Å²) >= 11 is 0.880. The highest BCUT2D eigenvalue weighted by Gasteiger charge is 2.25. The van der Waals surface area contributed by atoms with E-state index >= 15 is 0 Å². The first kappa shape index (κ1) is 22.6. The van der Waals surface area contributed by atoms with Crippen LogP contribution in [-0.2, 0) is 20.9 Å². The fourth-order valence-electron chi connectivity index (χ4n) is 2.45. The maximum absolute atomic E-state index is 13.3. The van der Waals surface area contributed by atoms with Gasteiger partial charge >= 0.3 is 5.97 Å². The Labute approximate surface area is 185 Å². The minimum Gasteiger partial charge on any atom is -0.488 e. The van der Waals surface area contributed by atoms with E-state index in [0.717, 1.165) is 17.8 Å². The van der Waals surface area contributed by atoms with Crippen LogP contribution in [-0.4, -0.2) is 35.3 Å². The molecule has 12 heteroatoms. The molecule has 0 saturated carbocycles. The van der Waals surface area contributed by atoms with Gasteiger partial charge in [-0.2, -0.15) is 5.10 Å². The van der Waals surface area contributed by atoms with E-state index in [9.17, 15) is 24.1 Å². The quantitative estimate of drug-likeness (QED) is 0.222. The third kappa shape index (κ3) is 5.98. The van der Waals surface area contributed by atoms with E-state index in [1.165, 1.54) is 43.7 Å². The molecule has 0 aromatic heterocycles. The number of nitrogens with one attached hydrogen (secondary N) is 1. The van der Waals surface area contributed by atoms with Gasteiger partial charge in [-0.3, -0.25) is 20.2 Å². The van der Waals surface area contributed by atoms with Gasteiger partial charge in [0.2, 0.25) is 0 Å². The van der Waals surface area contributed by atoms with Crippen LogP contribution in [0, 0.1) is 15.9 Å². The Morgan fingerprint density at radius 2 is 2.12 bits per heavy atom. The lowest BCUT2D eigenvalue weighted by molar-refractivity contribution is -0.384. The summed E-state index contributed by atoms with van der Waals surface area (Å²) < 4.78 is 23.5. The molecule has 164 valence electrons. The number of nitro groups is 1. The summed E-state index contributed by atoms with van der Waals surface area (Å²) in [5.41, 5.74) is 0.630. The van der Waals surface area contributed by atoms with E-state index < -0.39 is 22.6 Å². The largest absolute Gasteiger partial charge is 0.488 e. The van der Waals surface area contributed by atoms with Gasteiger partial charge in [0.15, 0.2) is 5.17 Å². The lowest BCUT2D eigenvalue weighted by Gasteiger charge is -2.09. The number of thioether (sulfide) groups is 1. The zero-order chi connectivity index (χ0) is 23.1. The van der Waals surface area contributed by atoms with Gasteiger partial charge in [-0.25, -0.2) is 9.18 Å². The molecule has 10 nitrogen and oxygen atoms in total. The molecule has 1 amide bonds. The number of carbonyl (C=O) groups excluding carboxylic acids is 2. The summed E-state index contributed by atoms with van der Waals surface area (Å²) in [7, 11) is 1.18. The molecule has 0 aliphatic carbocycles. The average Bonchev–Trinajstić information content (AvgIpc) is 3.11. The number of rotatable bonds is 7. The number of amides is 1. The Morgan fingerprint density at radius 3 is 2.84 bits per heavy atom. The van der Waals surface area contributed by atoms with E-state index in [4.69, 9.17) is 4.74 Å². The fourth-order valence-corrected chi connectivity index (χ4v) is 3.19. The number of non-ortho nitro benzene ring substituents is 1. The van der Waals surface area contributed by atoms with Gasteiger partial charge in [-0.15, -0.1) is 5.10 Å². The zero-order valence-corrected chi connectivity index (χ0v) is 17.3. The second kappa shape index (κ2) is 10.3. The van der Waals surface area contributed by atoms with Gasteiger partial charge in [0.05, 0.1) is 23.2 Å². The monoisotopic (exact) mass is 458 g/mol. The number of methoxy groups -OCH3 is 1. The Morgan fingerprint density at radius 1 is 1.31 bits per heavy atom. The second-order valence-electron chi connectivity index (χ2n) is 6.14. The molecule has 32 heavy (non-hydrogen) atoms. The standard InChI is InChI=1S/C20H15FN4O6S/c1-30-18(26)9-17-19(27)23-20(32-17)24-22-10-13-8-15(25(28)29)5-6-16(13)31-11-12-3-2-4-14(21)7-12/h2-10H,11H2,1H3,(H,23,24,27)/b17-9+,22-10?. The van der Waals surface area contributed by atoms with Crippen LogP contribution in [0.25, 0.3) is 0 Å². The third-order valence-corrected chi connectivity index (χ3v) is 4.83. The molecule has 0 atom stereocenters. The van der Waals surface area contributed by atoms with Crippen molar-refractivity contribution in [2.75, 3.05) is 7.11 Å². The smallest absolute Gasteiger partial charge is 0.331 e. The molecule has 1 aliphatic heterocycles. The molecule has 0 bridgehead atoms. The minimum atomic E-state index is -0.691. The normalized spacial score (nSPS) is 15.9. The van der Waals surface area contributed by atoms with Crippen molar-refractivity contribution in [3.8, 4) is 5.75 Å². The molecule has 1 N–H and O–H groups in total. The van der Waals surface area contributed by atoms with Crippen LogP contribution in [0.15, 0.2) is 63.6 Å². The van der Waals surface area contributed by atoms with Crippen molar-refractivity contribution in [1.29, 1.82) is 0 Å². The summed E-state index contributed by atoms with van der Waals surface area (Å²) in [5.74, 6) is -1.38. The first-order chi connectivity index (χ1) is 15.4. The highest BCUT2D eigenvalue weighted by atomic mass is 32.2. The summed E-state index contributed by atoms with van der Waals surface area (Å²) in [5, 5.41) is 21.3. The number of ether oxygens (including phenoxy) is 2. The molecule has 0 unspecified atom stereocenters. The number of nitrogens with zero attached hydrogens (tertiary/aromatic N) is 3. The second-order valence-corrected chi connectivity index (χ2v) is 7.17. The van der Waals surface area contributed by atoms with E-state index in [2.05, 4.69) is 20.3 Å². The van der Waals surface area contributed by atoms with Gasteiger partial charge in [-0.05, 0) is 35.5 Å². The molecule has 2 aromatic rings. The van der Waals surface area contributed by atoms with E-state index in [0.29, 0.717) is 5.56 Å². The number of hydrogen-bond acceptors (Lipinski definition) is 9. The van der Waals surface area contributed by atoms with Gasteiger partial charge in [0.1, 0.15) is 18.2 Å². The molecule has 0 radical (unpaired) electrons. The van der Waals surface area contributed by atoms with Crippen LogP contribution in [0.3, 0.4) is 0 Å². The number of halogens is 1. The van der Waals surface area contributed by atoms with Crippen LogP contribution in [0.5, 0.6) is 5.75 Å². The zero-order valence-electron chi connectivity index (χ0n) is 16.5. The molecular weight excluding hydrogens is 443 g/mol. The van der Waals surface area contributed by atoms with Crippen molar-refractivity contribution < 1.29 is 28.4 Å². The highest BCUT2D eigenvalue weighted by Crippen LogP contribution is 2.25. The van der Waals surface area contributed by atoms with Crippen molar-refractivity contribution in [2.45, 2.75) is 6.61 Å². The summed E-state index contributed by atoms with van der Waals surface area (Å²) in [6.45, 7) is 0.0263. The Bertz CT molecular complexity index is 1160. The van der Waals surface area contributed by atoms with Crippen LogP contribution in [0.4, 0.5) is 10.1 Å². The Kier molecular flexibility index (Phi) is 7.29. The average molecular weight is 458 g/mol. The number of carbonyl (C=O) groups is 2. The Balaban J connectivity index is 1.78. The predicted molar refractivity (Wildman–Crippen MR) is 115 cm³/mol. The molecule has 0 spiro atoms. The summed E-state index contributed by atoms with van der Waals surface area (Å²) in [6, 6.07) is 9.74. The number of esters is 1. The molecule has 2 aromatic carbocycles. The van der Waals surface area contributed by atoms with Crippen molar-refractivity contribution in [3.05, 3.63) is 80.5 Å². The Hall–Kier alpha value is -4.06. The first-order valence-corrected chi connectivity index (χ1v) is 9.73. The number of benzene rings is 2. The first-order valence-electron chi connectivity index (χ1n) is 8.91. The predicted octanol–water partition coefficient (Wildman–Crippen LogP) is 2.92. The van der Waals surface area contributed by atoms with Gasteiger partial charge in [-0.1, -0.05) is 12.1 Å². The van der Waals surface area contributed by atoms with Crippen LogP contribution in [0.1, 0.15) is 11.1 Å². The third-order valence-electron chi connectivity index (χ3n) is 3.93. The number of nitro benzene ring substituents is 1. The minimum absolute atomic E-state index is 0.0263. The maximum atomic E-state index is 13.3. The SMILES string of the molecule is COC(=O)/C=C1/S/C(=N\N=Cc2cc([N+](=O)[O-])ccc2OCc2cccc(F)c2)NC1=O. The van der Waals surface area contributed by atoms with Gasteiger partial charge in [0, 0.05) is 23.8 Å². The van der Waals surface area contributed by atoms with Crippen molar-refractivity contribution >= 4 is 40.7 Å². The summed E-state index contributed by atoms with van der Waals surface area (Å²) in [4.78, 5) is 33.7. The lowest BCUT2D eigenvalue weighted by atomic mass is 10.2. The highest BCUT2D eigenvalue weighted by molar-refractivity contribution is 8.18. The number of amidine groups is 1. The van der Waals surface area contributed by atoms with Crippen LogP contribution in [0.2, 0.25) is 0 Å². The molecule has 1 saturated heterocycles. The molecule has 1 aliphatic rings. The number of hydrogen-bond donors (Lipinski definition) is 1.